The van der Waals surface area contributed by atoms with E-state index in [0.29, 0.717) is 5.75 Å². The first-order valence-electron chi connectivity index (χ1n) is 7.20. The van der Waals surface area contributed by atoms with Crippen LogP contribution in [0.4, 0.5) is 0 Å². The van der Waals surface area contributed by atoms with E-state index in [1.54, 1.807) is 6.07 Å². The molecule has 0 aromatic heterocycles. The van der Waals surface area contributed by atoms with Crippen molar-refractivity contribution in [2.24, 2.45) is 0 Å². The molecule has 0 aliphatic carbocycles. The molecule has 0 aliphatic rings. The van der Waals surface area contributed by atoms with E-state index in [-0.39, 0.29) is 0 Å². The Bertz CT molecular complexity index is 1010. The Hall–Kier alpha value is -2.54. The SMILES string of the molecule is Cc1cc2c(O)cccc2c2c(C)cc3ccccc3c12. The molecule has 0 spiro atoms. The van der Waals surface area contributed by atoms with Crippen LogP contribution in [0.15, 0.2) is 54.6 Å². The van der Waals surface area contributed by atoms with Crippen LogP contribution in [0, 0.1) is 13.8 Å². The highest BCUT2D eigenvalue weighted by Crippen LogP contribution is 2.38. The minimum atomic E-state index is 0.352. The monoisotopic (exact) mass is 272 g/mol. The molecular formula is C20H16O. The van der Waals surface area contributed by atoms with E-state index in [1.165, 1.54) is 32.7 Å². The minimum Gasteiger partial charge on any atom is -0.507 e. The van der Waals surface area contributed by atoms with Gasteiger partial charge in [0.25, 0.3) is 0 Å². The number of aryl methyl sites for hydroxylation is 2. The van der Waals surface area contributed by atoms with Crippen molar-refractivity contribution < 1.29 is 5.11 Å². The van der Waals surface area contributed by atoms with Gasteiger partial charge in [0.15, 0.2) is 0 Å². The molecule has 21 heavy (non-hydrogen) atoms. The smallest absolute Gasteiger partial charge is 0.123 e. The molecular weight excluding hydrogens is 256 g/mol. The number of phenolic OH excluding ortho intramolecular Hbond substituents is 1. The van der Waals surface area contributed by atoms with Gasteiger partial charge in [0.2, 0.25) is 0 Å². The molecule has 0 bridgehead atoms. The summed E-state index contributed by atoms with van der Waals surface area (Å²) in [4.78, 5) is 0. The maximum Gasteiger partial charge on any atom is 0.123 e. The molecule has 0 saturated carbocycles. The van der Waals surface area contributed by atoms with Gasteiger partial charge in [-0.05, 0) is 64.0 Å². The molecule has 1 nitrogen and oxygen atoms in total. The van der Waals surface area contributed by atoms with Gasteiger partial charge in [-0.2, -0.15) is 0 Å². The lowest BCUT2D eigenvalue weighted by Crippen LogP contribution is -1.88. The predicted molar refractivity (Wildman–Crippen MR) is 90.1 cm³/mol. The average molecular weight is 272 g/mol. The number of rotatable bonds is 0. The molecule has 4 aromatic rings. The lowest BCUT2D eigenvalue weighted by atomic mass is 9.90. The number of hydrogen-bond acceptors (Lipinski definition) is 1. The zero-order valence-corrected chi connectivity index (χ0v) is 12.1. The van der Waals surface area contributed by atoms with Gasteiger partial charge in [-0.15, -0.1) is 0 Å². The van der Waals surface area contributed by atoms with Crippen LogP contribution in [-0.2, 0) is 0 Å². The average Bonchev–Trinajstić information content (AvgIpc) is 2.48. The fourth-order valence-corrected chi connectivity index (χ4v) is 3.46. The highest BCUT2D eigenvalue weighted by atomic mass is 16.3. The third-order valence-electron chi connectivity index (χ3n) is 4.35. The zero-order valence-electron chi connectivity index (χ0n) is 12.1. The summed E-state index contributed by atoms with van der Waals surface area (Å²) in [5, 5.41) is 17.3. The summed E-state index contributed by atoms with van der Waals surface area (Å²) >= 11 is 0. The summed E-state index contributed by atoms with van der Waals surface area (Å²) in [5.74, 6) is 0.352. The van der Waals surface area contributed by atoms with Gasteiger partial charge in [0.1, 0.15) is 5.75 Å². The first-order valence-corrected chi connectivity index (χ1v) is 7.20. The normalized spacial score (nSPS) is 11.5. The van der Waals surface area contributed by atoms with Crippen molar-refractivity contribution in [1.82, 2.24) is 0 Å². The van der Waals surface area contributed by atoms with Crippen LogP contribution in [0.25, 0.3) is 32.3 Å². The molecule has 4 aromatic carbocycles. The number of aromatic hydroxyl groups is 1. The Labute approximate surface area is 123 Å². The van der Waals surface area contributed by atoms with Crippen LogP contribution in [0.1, 0.15) is 11.1 Å². The van der Waals surface area contributed by atoms with E-state index in [0.717, 1.165) is 10.8 Å². The van der Waals surface area contributed by atoms with Gasteiger partial charge < -0.3 is 5.11 Å². The number of benzene rings is 4. The van der Waals surface area contributed by atoms with E-state index in [2.05, 4.69) is 56.3 Å². The van der Waals surface area contributed by atoms with Crippen LogP contribution >= 0.6 is 0 Å². The van der Waals surface area contributed by atoms with Gasteiger partial charge >= 0.3 is 0 Å². The molecule has 0 aliphatic heterocycles. The molecule has 0 radical (unpaired) electrons. The van der Waals surface area contributed by atoms with Crippen LogP contribution in [0.3, 0.4) is 0 Å². The minimum absolute atomic E-state index is 0.352. The quantitative estimate of drug-likeness (QED) is 0.421. The summed E-state index contributed by atoms with van der Waals surface area (Å²) in [6, 6.07) is 18.6. The topological polar surface area (TPSA) is 20.2 Å². The highest BCUT2D eigenvalue weighted by molar-refractivity contribution is 6.20. The van der Waals surface area contributed by atoms with E-state index in [9.17, 15) is 5.11 Å². The molecule has 0 fully saturated rings. The molecule has 1 heteroatoms. The molecule has 0 saturated heterocycles. The molecule has 102 valence electrons. The van der Waals surface area contributed by atoms with Crippen molar-refractivity contribution in [3.63, 3.8) is 0 Å². The van der Waals surface area contributed by atoms with E-state index >= 15 is 0 Å². The molecule has 0 unspecified atom stereocenters. The number of hydrogen-bond donors (Lipinski definition) is 1. The first-order chi connectivity index (χ1) is 10.2. The molecule has 0 heterocycles. The second kappa shape index (κ2) is 4.23. The number of fused-ring (bicyclic) bond motifs is 5. The zero-order chi connectivity index (χ0) is 14.6. The standard InChI is InChI=1S/C20H16O/c1-12-10-14-6-3-4-7-15(14)19-13(2)11-17-16(20(12)19)8-5-9-18(17)21/h3-11,21H,1-2H3. The van der Waals surface area contributed by atoms with E-state index in [4.69, 9.17) is 0 Å². The summed E-state index contributed by atoms with van der Waals surface area (Å²) in [5.41, 5.74) is 2.46. The van der Waals surface area contributed by atoms with E-state index < -0.39 is 0 Å². The van der Waals surface area contributed by atoms with Crippen LogP contribution in [0.2, 0.25) is 0 Å². The van der Waals surface area contributed by atoms with Gasteiger partial charge in [0, 0.05) is 5.39 Å². The van der Waals surface area contributed by atoms with E-state index in [1.807, 2.05) is 6.07 Å². The van der Waals surface area contributed by atoms with Crippen molar-refractivity contribution in [3.05, 3.63) is 65.7 Å². The Morgan fingerprint density at radius 3 is 2.19 bits per heavy atom. The van der Waals surface area contributed by atoms with Crippen LogP contribution in [-0.4, -0.2) is 5.11 Å². The Morgan fingerprint density at radius 1 is 0.667 bits per heavy atom. The van der Waals surface area contributed by atoms with Crippen molar-refractivity contribution >= 4 is 32.3 Å². The summed E-state index contributed by atoms with van der Waals surface area (Å²) in [7, 11) is 0. The van der Waals surface area contributed by atoms with Gasteiger partial charge in [-0.3, -0.25) is 0 Å². The first kappa shape index (κ1) is 12.2. The highest BCUT2D eigenvalue weighted by Gasteiger charge is 2.11. The maximum absolute atomic E-state index is 10.2. The van der Waals surface area contributed by atoms with Crippen molar-refractivity contribution in [2.45, 2.75) is 13.8 Å². The molecule has 1 N–H and O–H groups in total. The van der Waals surface area contributed by atoms with Gasteiger partial charge in [-0.25, -0.2) is 0 Å². The summed E-state index contributed by atoms with van der Waals surface area (Å²) < 4.78 is 0. The Balaban J connectivity index is 2.40. The summed E-state index contributed by atoms with van der Waals surface area (Å²) in [6.07, 6.45) is 0. The summed E-state index contributed by atoms with van der Waals surface area (Å²) in [6.45, 7) is 4.28. The molecule has 4 rings (SSSR count). The largest absolute Gasteiger partial charge is 0.507 e. The molecule has 0 amide bonds. The second-order valence-corrected chi connectivity index (χ2v) is 5.73. The Kier molecular flexibility index (Phi) is 2.46. The van der Waals surface area contributed by atoms with Crippen molar-refractivity contribution in [2.75, 3.05) is 0 Å². The second-order valence-electron chi connectivity index (χ2n) is 5.73. The number of phenols is 1. The van der Waals surface area contributed by atoms with Gasteiger partial charge in [0.05, 0.1) is 0 Å². The third-order valence-corrected chi connectivity index (χ3v) is 4.35. The Morgan fingerprint density at radius 2 is 1.33 bits per heavy atom. The van der Waals surface area contributed by atoms with Crippen molar-refractivity contribution in [3.8, 4) is 5.75 Å². The van der Waals surface area contributed by atoms with Crippen LogP contribution in [0.5, 0.6) is 5.75 Å². The van der Waals surface area contributed by atoms with Gasteiger partial charge in [-0.1, -0.05) is 42.5 Å². The maximum atomic E-state index is 10.2. The lowest BCUT2D eigenvalue weighted by Gasteiger charge is -2.14. The molecule has 0 atom stereocenters. The van der Waals surface area contributed by atoms with Crippen LogP contribution < -0.4 is 0 Å². The lowest BCUT2D eigenvalue weighted by molar-refractivity contribution is 0.481. The van der Waals surface area contributed by atoms with Crippen molar-refractivity contribution in [1.29, 1.82) is 0 Å². The fraction of sp³-hybridized carbons (Fsp3) is 0.100. The predicted octanol–water partition coefficient (Wildman–Crippen LogP) is 5.47. The third kappa shape index (κ3) is 1.64. The fourth-order valence-electron chi connectivity index (χ4n) is 3.46.